The van der Waals surface area contributed by atoms with Crippen molar-refractivity contribution in [2.75, 3.05) is 21.3 Å². The molecule has 7 heteroatoms. The zero-order chi connectivity index (χ0) is 22.4. The van der Waals surface area contributed by atoms with E-state index < -0.39 is 5.97 Å². The van der Waals surface area contributed by atoms with E-state index in [1.54, 1.807) is 37.4 Å². The minimum Gasteiger partial charge on any atom is -0.493 e. The Bertz CT molecular complexity index is 934. The summed E-state index contributed by atoms with van der Waals surface area (Å²) in [6.45, 7) is 4.40. The van der Waals surface area contributed by atoms with E-state index in [4.69, 9.17) is 18.9 Å². The molecule has 2 aromatic rings. The first-order valence-corrected chi connectivity index (χ1v) is 10.4. The number of methoxy groups -OCH3 is 3. The number of hydrogen-bond acceptors (Lipinski definition) is 7. The Morgan fingerprint density at radius 2 is 1.52 bits per heavy atom. The predicted molar refractivity (Wildman–Crippen MR) is 120 cm³/mol. The average Bonchev–Trinajstić information content (AvgIpc) is 2.78. The molecule has 1 fully saturated rings. The molecule has 1 aliphatic rings. The Balaban J connectivity index is 1.75. The quantitative estimate of drug-likeness (QED) is 0.368. The fourth-order valence-electron chi connectivity index (χ4n) is 3.74. The Labute approximate surface area is 183 Å². The number of esters is 1. The minimum absolute atomic E-state index is 0.333. The highest BCUT2D eigenvalue weighted by Gasteiger charge is 2.22. The highest BCUT2D eigenvalue weighted by molar-refractivity contribution is 5.92. The van der Waals surface area contributed by atoms with Crippen molar-refractivity contribution in [3.05, 3.63) is 47.5 Å². The molecule has 0 radical (unpaired) electrons. The Hall–Kier alpha value is -3.22. The lowest BCUT2D eigenvalue weighted by atomic mass is 10.00. The third-order valence-electron chi connectivity index (χ3n) is 5.50. The first-order chi connectivity index (χ1) is 15.0. The molecule has 0 aromatic heterocycles. The van der Waals surface area contributed by atoms with Gasteiger partial charge in [-0.1, -0.05) is 0 Å². The summed E-state index contributed by atoms with van der Waals surface area (Å²) in [5.74, 6) is 1.27. The van der Waals surface area contributed by atoms with Crippen LogP contribution < -0.4 is 18.9 Å². The van der Waals surface area contributed by atoms with Gasteiger partial charge in [0, 0.05) is 12.1 Å². The molecular weight excluding hydrogens is 396 g/mol. The molecule has 0 unspecified atom stereocenters. The van der Waals surface area contributed by atoms with Gasteiger partial charge in [-0.2, -0.15) is 5.10 Å². The van der Waals surface area contributed by atoms with Gasteiger partial charge in [-0.25, -0.2) is 4.79 Å². The number of carbonyl (C=O) groups excluding carboxylic acids is 1. The van der Waals surface area contributed by atoms with E-state index in [0.29, 0.717) is 40.6 Å². The number of benzene rings is 2. The van der Waals surface area contributed by atoms with Gasteiger partial charge in [-0.15, -0.1) is 0 Å². The van der Waals surface area contributed by atoms with Crippen LogP contribution in [0, 0.1) is 0 Å². The SMILES string of the molecule is COc1ccc(C(=O)Oc2ccc(/C=N\N3[C@H](C)CCC[C@@H]3C)cc2OC)cc1OC. The van der Waals surface area contributed by atoms with Crippen molar-refractivity contribution in [1.29, 1.82) is 0 Å². The van der Waals surface area contributed by atoms with E-state index >= 15 is 0 Å². The summed E-state index contributed by atoms with van der Waals surface area (Å²) >= 11 is 0. The van der Waals surface area contributed by atoms with Crippen molar-refractivity contribution in [1.82, 2.24) is 5.01 Å². The van der Waals surface area contributed by atoms with Crippen LogP contribution in [0.25, 0.3) is 0 Å². The maximum atomic E-state index is 12.6. The van der Waals surface area contributed by atoms with Gasteiger partial charge < -0.3 is 18.9 Å². The first-order valence-electron chi connectivity index (χ1n) is 10.4. The normalized spacial score (nSPS) is 18.7. The Morgan fingerprint density at radius 1 is 0.903 bits per heavy atom. The number of piperidine rings is 1. The van der Waals surface area contributed by atoms with Crippen LogP contribution >= 0.6 is 0 Å². The molecule has 0 aliphatic carbocycles. The fourth-order valence-corrected chi connectivity index (χ4v) is 3.74. The maximum Gasteiger partial charge on any atom is 0.343 e. The monoisotopic (exact) mass is 426 g/mol. The highest BCUT2D eigenvalue weighted by Crippen LogP contribution is 2.31. The second-order valence-corrected chi connectivity index (χ2v) is 7.62. The molecule has 7 nitrogen and oxygen atoms in total. The van der Waals surface area contributed by atoms with Crippen molar-refractivity contribution >= 4 is 12.2 Å². The van der Waals surface area contributed by atoms with Crippen LogP contribution in [0.15, 0.2) is 41.5 Å². The van der Waals surface area contributed by atoms with Crippen LogP contribution in [0.2, 0.25) is 0 Å². The van der Waals surface area contributed by atoms with Gasteiger partial charge in [0.15, 0.2) is 23.0 Å². The molecule has 2 aromatic carbocycles. The van der Waals surface area contributed by atoms with Crippen molar-refractivity contribution in [2.45, 2.75) is 45.2 Å². The molecule has 1 heterocycles. The summed E-state index contributed by atoms with van der Waals surface area (Å²) in [6.07, 6.45) is 5.36. The molecule has 0 saturated carbocycles. The summed E-state index contributed by atoms with van der Waals surface area (Å²) in [5.41, 5.74) is 1.21. The molecule has 0 spiro atoms. The fraction of sp³-hybridized carbons (Fsp3) is 0.417. The van der Waals surface area contributed by atoms with E-state index in [2.05, 4.69) is 24.0 Å². The summed E-state index contributed by atoms with van der Waals surface area (Å²) < 4.78 is 21.5. The lowest BCUT2D eigenvalue weighted by molar-refractivity contribution is 0.0729. The maximum absolute atomic E-state index is 12.6. The standard InChI is InChI=1S/C24H30N2O5/c1-16-7-6-8-17(2)26(16)25-15-18-9-11-21(22(13-18)29-4)31-24(27)19-10-12-20(28-3)23(14-19)30-5/h9-17H,6-8H2,1-5H3/b25-15-/t16-,17+. The summed E-state index contributed by atoms with van der Waals surface area (Å²) in [5, 5.41) is 6.84. The van der Waals surface area contributed by atoms with Crippen LogP contribution in [0.1, 0.15) is 49.0 Å². The largest absolute Gasteiger partial charge is 0.493 e. The lowest BCUT2D eigenvalue weighted by Crippen LogP contribution is -2.39. The number of ether oxygens (including phenoxy) is 4. The highest BCUT2D eigenvalue weighted by atomic mass is 16.6. The first kappa shape index (κ1) is 22.5. The van der Waals surface area contributed by atoms with Gasteiger partial charge in [-0.3, -0.25) is 5.01 Å². The molecular formula is C24H30N2O5. The van der Waals surface area contributed by atoms with Gasteiger partial charge >= 0.3 is 5.97 Å². The molecule has 1 aliphatic heterocycles. The smallest absolute Gasteiger partial charge is 0.343 e. The Morgan fingerprint density at radius 3 is 2.16 bits per heavy atom. The van der Waals surface area contributed by atoms with Crippen molar-refractivity contribution < 1.29 is 23.7 Å². The summed E-state index contributed by atoms with van der Waals surface area (Å²) in [7, 11) is 4.60. The molecule has 2 atom stereocenters. The number of rotatable bonds is 7. The second-order valence-electron chi connectivity index (χ2n) is 7.62. The van der Waals surface area contributed by atoms with Crippen molar-refractivity contribution in [2.24, 2.45) is 5.10 Å². The van der Waals surface area contributed by atoms with E-state index in [-0.39, 0.29) is 0 Å². The summed E-state index contributed by atoms with van der Waals surface area (Å²) in [4.78, 5) is 12.6. The number of carbonyl (C=O) groups is 1. The average molecular weight is 427 g/mol. The van der Waals surface area contributed by atoms with E-state index in [1.807, 2.05) is 12.3 Å². The molecule has 0 bridgehead atoms. The van der Waals surface area contributed by atoms with Crippen LogP contribution in [0.3, 0.4) is 0 Å². The number of hydrazone groups is 1. The molecule has 0 amide bonds. The zero-order valence-electron chi connectivity index (χ0n) is 18.8. The van der Waals surface area contributed by atoms with Gasteiger partial charge in [0.2, 0.25) is 0 Å². The topological polar surface area (TPSA) is 69.6 Å². The third-order valence-corrected chi connectivity index (χ3v) is 5.50. The molecule has 31 heavy (non-hydrogen) atoms. The third kappa shape index (κ3) is 5.29. The summed E-state index contributed by atoms with van der Waals surface area (Å²) in [6, 6.07) is 11.1. The number of hydrogen-bond donors (Lipinski definition) is 0. The van der Waals surface area contributed by atoms with E-state index in [0.717, 1.165) is 18.4 Å². The van der Waals surface area contributed by atoms with Crippen LogP contribution in [0.4, 0.5) is 0 Å². The zero-order valence-corrected chi connectivity index (χ0v) is 18.8. The van der Waals surface area contributed by atoms with Gasteiger partial charge in [-0.05, 0) is 75.1 Å². The lowest BCUT2D eigenvalue weighted by Gasteiger charge is -2.36. The van der Waals surface area contributed by atoms with Crippen molar-refractivity contribution in [3.8, 4) is 23.0 Å². The van der Waals surface area contributed by atoms with Crippen LogP contribution in [0.5, 0.6) is 23.0 Å². The van der Waals surface area contributed by atoms with Gasteiger partial charge in [0.25, 0.3) is 0 Å². The Kier molecular flexibility index (Phi) is 7.39. The van der Waals surface area contributed by atoms with Gasteiger partial charge in [0.1, 0.15) is 0 Å². The predicted octanol–water partition coefficient (Wildman–Crippen LogP) is 4.53. The second kappa shape index (κ2) is 10.2. The van der Waals surface area contributed by atoms with E-state index in [9.17, 15) is 4.79 Å². The van der Waals surface area contributed by atoms with Crippen molar-refractivity contribution in [3.63, 3.8) is 0 Å². The molecule has 1 saturated heterocycles. The van der Waals surface area contributed by atoms with E-state index in [1.165, 1.54) is 20.6 Å². The minimum atomic E-state index is -0.517. The van der Waals surface area contributed by atoms with Crippen LogP contribution in [-0.2, 0) is 0 Å². The molecule has 3 rings (SSSR count). The number of nitrogens with zero attached hydrogens (tertiary/aromatic N) is 2. The van der Waals surface area contributed by atoms with Gasteiger partial charge in [0.05, 0.1) is 33.1 Å². The molecule has 0 N–H and O–H groups in total. The van der Waals surface area contributed by atoms with Crippen LogP contribution in [-0.4, -0.2) is 50.6 Å². The molecule has 166 valence electrons.